The molecule has 114 valence electrons. The maximum Gasteiger partial charge on any atom is 0.326 e. The minimum atomic E-state index is -0.672. The molecule has 1 aliphatic heterocycles. The number of carbonyl (C=O) groups excluding carboxylic acids is 2. The molecule has 1 unspecified atom stereocenters. The maximum atomic E-state index is 12.4. The third-order valence-corrected chi connectivity index (χ3v) is 3.85. The molecule has 1 fully saturated rings. The zero-order valence-corrected chi connectivity index (χ0v) is 12.3. The molecule has 1 atom stereocenters. The Balaban J connectivity index is 1.87. The molecule has 2 aromatic rings. The van der Waals surface area contributed by atoms with Crippen LogP contribution in [0.25, 0.3) is 0 Å². The standard InChI is InChI=1S/C18H15N3O2/c19-12-15-11-16(22)21(15)18(23)20-17(13-7-3-1-4-8-13)14-9-5-2-6-10-14/h1-10,15,17H,11H2,(H,20,23). The summed E-state index contributed by atoms with van der Waals surface area (Å²) in [7, 11) is 0. The summed E-state index contributed by atoms with van der Waals surface area (Å²) in [4.78, 5) is 25.0. The van der Waals surface area contributed by atoms with Gasteiger partial charge in [0.15, 0.2) is 0 Å². The zero-order chi connectivity index (χ0) is 16.2. The van der Waals surface area contributed by atoms with E-state index in [-0.39, 0.29) is 18.4 Å². The summed E-state index contributed by atoms with van der Waals surface area (Å²) in [5.74, 6) is -0.325. The van der Waals surface area contributed by atoms with Crippen LogP contribution in [0.5, 0.6) is 0 Å². The lowest BCUT2D eigenvalue weighted by atomic mass is 9.98. The Labute approximate surface area is 134 Å². The van der Waals surface area contributed by atoms with Crippen molar-refractivity contribution in [3.05, 3.63) is 71.8 Å². The molecule has 1 heterocycles. The quantitative estimate of drug-likeness (QED) is 0.886. The molecular formula is C18H15N3O2. The zero-order valence-electron chi connectivity index (χ0n) is 12.3. The van der Waals surface area contributed by atoms with E-state index < -0.39 is 12.1 Å². The highest BCUT2D eigenvalue weighted by molar-refractivity contribution is 6.00. The average molecular weight is 305 g/mol. The lowest BCUT2D eigenvalue weighted by Crippen LogP contribution is -2.58. The van der Waals surface area contributed by atoms with Crippen LogP contribution in [0.4, 0.5) is 4.79 Å². The molecule has 3 rings (SSSR count). The number of nitrogens with one attached hydrogen (secondary N) is 1. The van der Waals surface area contributed by atoms with E-state index in [0.717, 1.165) is 16.0 Å². The SMILES string of the molecule is N#CC1CC(=O)N1C(=O)NC(c1ccccc1)c1ccccc1. The van der Waals surface area contributed by atoms with Crippen molar-refractivity contribution in [3.63, 3.8) is 0 Å². The number of hydrogen-bond donors (Lipinski definition) is 1. The molecule has 5 heteroatoms. The van der Waals surface area contributed by atoms with Crippen molar-refractivity contribution in [2.75, 3.05) is 0 Å². The minimum absolute atomic E-state index is 0.102. The van der Waals surface area contributed by atoms with E-state index in [0.29, 0.717) is 0 Å². The van der Waals surface area contributed by atoms with Gasteiger partial charge in [-0.05, 0) is 11.1 Å². The first-order chi connectivity index (χ1) is 11.2. The molecule has 0 bridgehead atoms. The van der Waals surface area contributed by atoms with E-state index in [1.165, 1.54) is 0 Å². The number of benzene rings is 2. The first-order valence-electron chi connectivity index (χ1n) is 7.33. The van der Waals surface area contributed by atoms with E-state index in [4.69, 9.17) is 5.26 Å². The number of imide groups is 1. The maximum absolute atomic E-state index is 12.4. The van der Waals surface area contributed by atoms with Gasteiger partial charge in [0.25, 0.3) is 0 Å². The number of likely N-dealkylation sites (tertiary alicyclic amines) is 1. The van der Waals surface area contributed by atoms with Crippen molar-refractivity contribution in [3.8, 4) is 6.07 Å². The summed E-state index contributed by atoms with van der Waals surface area (Å²) < 4.78 is 0. The van der Waals surface area contributed by atoms with E-state index in [1.807, 2.05) is 66.7 Å². The highest BCUT2D eigenvalue weighted by atomic mass is 16.2. The Morgan fingerprint density at radius 1 is 1.09 bits per heavy atom. The largest absolute Gasteiger partial charge is 0.327 e. The molecule has 3 amide bonds. The monoisotopic (exact) mass is 305 g/mol. The molecule has 0 saturated carbocycles. The Hall–Kier alpha value is -3.13. The molecular weight excluding hydrogens is 290 g/mol. The van der Waals surface area contributed by atoms with Crippen LogP contribution in [0.15, 0.2) is 60.7 Å². The van der Waals surface area contributed by atoms with Crippen LogP contribution in [0, 0.1) is 11.3 Å². The van der Waals surface area contributed by atoms with Crippen LogP contribution in [0.3, 0.4) is 0 Å². The summed E-state index contributed by atoms with van der Waals surface area (Å²) in [5, 5.41) is 11.8. The summed E-state index contributed by atoms with van der Waals surface area (Å²) in [6.07, 6.45) is 0.102. The highest BCUT2D eigenvalue weighted by Crippen LogP contribution is 2.24. The van der Waals surface area contributed by atoms with Crippen LogP contribution in [-0.2, 0) is 4.79 Å². The van der Waals surface area contributed by atoms with Crippen LogP contribution in [0.2, 0.25) is 0 Å². The van der Waals surface area contributed by atoms with Gasteiger partial charge in [0.2, 0.25) is 5.91 Å². The Morgan fingerprint density at radius 2 is 1.61 bits per heavy atom. The minimum Gasteiger partial charge on any atom is -0.327 e. The van der Waals surface area contributed by atoms with E-state index in [1.54, 1.807) is 0 Å². The Kier molecular flexibility index (Phi) is 4.07. The molecule has 1 saturated heterocycles. The summed E-state index contributed by atoms with van der Waals surface area (Å²) in [5.41, 5.74) is 1.82. The normalized spacial score (nSPS) is 16.6. The van der Waals surface area contributed by atoms with Crippen LogP contribution >= 0.6 is 0 Å². The number of amides is 3. The molecule has 0 spiro atoms. The smallest absolute Gasteiger partial charge is 0.326 e. The number of β-lactam (4-membered cyclic amide) rings is 1. The lowest BCUT2D eigenvalue weighted by Gasteiger charge is -2.35. The second-order valence-electron chi connectivity index (χ2n) is 5.32. The summed E-state index contributed by atoms with van der Waals surface area (Å²) >= 11 is 0. The topological polar surface area (TPSA) is 73.2 Å². The van der Waals surface area contributed by atoms with Gasteiger partial charge < -0.3 is 5.32 Å². The van der Waals surface area contributed by atoms with Crippen molar-refractivity contribution in [1.29, 1.82) is 5.26 Å². The average Bonchev–Trinajstić information content (AvgIpc) is 2.58. The predicted octanol–water partition coefficient (Wildman–Crippen LogP) is 2.61. The van der Waals surface area contributed by atoms with Gasteiger partial charge in [-0.1, -0.05) is 60.7 Å². The van der Waals surface area contributed by atoms with Crippen LogP contribution < -0.4 is 5.32 Å². The fraction of sp³-hybridized carbons (Fsp3) is 0.167. The number of carbonyl (C=O) groups is 2. The Bertz CT molecular complexity index is 713. The van der Waals surface area contributed by atoms with Crippen molar-refractivity contribution in [2.45, 2.75) is 18.5 Å². The van der Waals surface area contributed by atoms with Crippen LogP contribution in [-0.4, -0.2) is 22.9 Å². The van der Waals surface area contributed by atoms with Gasteiger partial charge in [0, 0.05) is 0 Å². The van der Waals surface area contributed by atoms with Gasteiger partial charge in [-0.3, -0.25) is 4.79 Å². The fourth-order valence-electron chi connectivity index (χ4n) is 2.62. The van der Waals surface area contributed by atoms with Gasteiger partial charge in [0.05, 0.1) is 18.5 Å². The van der Waals surface area contributed by atoms with Crippen molar-refractivity contribution < 1.29 is 9.59 Å². The molecule has 5 nitrogen and oxygen atoms in total. The van der Waals surface area contributed by atoms with Crippen LogP contribution in [0.1, 0.15) is 23.6 Å². The molecule has 1 aliphatic rings. The second-order valence-corrected chi connectivity index (χ2v) is 5.32. The third kappa shape index (κ3) is 2.92. The van der Waals surface area contributed by atoms with Gasteiger partial charge in [0.1, 0.15) is 6.04 Å². The number of nitrogens with zero attached hydrogens (tertiary/aromatic N) is 2. The lowest BCUT2D eigenvalue weighted by molar-refractivity contribution is -0.138. The Morgan fingerprint density at radius 3 is 2.04 bits per heavy atom. The summed E-state index contributed by atoms with van der Waals surface area (Å²) in [6, 6.07) is 19.4. The van der Waals surface area contributed by atoms with Crippen molar-refractivity contribution >= 4 is 11.9 Å². The van der Waals surface area contributed by atoms with Crippen molar-refractivity contribution in [2.24, 2.45) is 0 Å². The van der Waals surface area contributed by atoms with Gasteiger partial charge in [-0.25, -0.2) is 9.69 Å². The number of urea groups is 1. The van der Waals surface area contributed by atoms with Gasteiger partial charge in [-0.15, -0.1) is 0 Å². The molecule has 23 heavy (non-hydrogen) atoms. The molecule has 0 aromatic heterocycles. The van der Waals surface area contributed by atoms with E-state index in [2.05, 4.69) is 5.32 Å². The fourth-order valence-corrected chi connectivity index (χ4v) is 2.62. The number of nitriles is 1. The number of hydrogen-bond acceptors (Lipinski definition) is 3. The van der Waals surface area contributed by atoms with Crippen molar-refractivity contribution in [1.82, 2.24) is 10.2 Å². The highest BCUT2D eigenvalue weighted by Gasteiger charge is 2.41. The molecule has 0 aliphatic carbocycles. The van der Waals surface area contributed by atoms with E-state index >= 15 is 0 Å². The molecule has 2 aromatic carbocycles. The summed E-state index contributed by atoms with van der Waals surface area (Å²) in [6.45, 7) is 0. The number of rotatable bonds is 3. The molecule has 0 radical (unpaired) electrons. The predicted molar refractivity (Wildman–Crippen MR) is 84.1 cm³/mol. The first-order valence-corrected chi connectivity index (χ1v) is 7.33. The van der Waals surface area contributed by atoms with Gasteiger partial charge in [-0.2, -0.15) is 5.26 Å². The first kappa shape index (κ1) is 14.8. The second kappa shape index (κ2) is 6.32. The third-order valence-electron chi connectivity index (χ3n) is 3.85. The molecule has 1 N–H and O–H groups in total. The van der Waals surface area contributed by atoms with Gasteiger partial charge >= 0.3 is 6.03 Å². The van der Waals surface area contributed by atoms with E-state index in [9.17, 15) is 9.59 Å².